The lowest BCUT2D eigenvalue weighted by Gasteiger charge is -2.20. The standard InChI is InChI=1S/C15H15BrFN3O/c1-20(9-11-8-12(17)4-7-14(11)16)13-5-2-10(3-6-13)15(18)19-21/h2-8,21H,9H2,1H3,(H2,18,19). The molecule has 0 spiro atoms. The smallest absolute Gasteiger partial charge is 0.170 e. The molecule has 2 aromatic carbocycles. The van der Waals surface area contributed by atoms with Crippen molar-refractivity contribution in [2.75, 3.05) is 11.9 Å². The largest absolute Gasteiger partial charge is 0.409 e. The van der Waals surface area contributed by atoms with Crippen LogP contribution in [0, 0.1) is 5.82 Å². The predicted molar refractivity (Wildman–Crippen MR) is 85.2 cm³/mol. The van der Waals surface area contributed by atoms with Crippen LogP contribution >= 0.6 is 15.9 Å². The summed E-state index contributed by atoms with van der Waals surface area (Å²) in [6.07, 6.45) is 0. The molecule has 2 rings (SSSR count). The Labute approximate surface area is 130 Å². The van der Waals surface area contributed by atoms with Gasteiger partial charge in [0.25, 0.3) is 0 Å². The molecule has 0 bridgehead atoms. The Hall–Kier alpha value is -2.08. The fourth-order valence-electron chi connectivity index (χ4n) is 1.96. The quantitative estimate of drug-likeness (QED) is 0.384. The second kappa shape index (κ2) is 6.58. The Balaban J connectivity index is 2.16. The van der Waals surface area contributed by atoms with Gasteiger partial charge in [-0.3, -0.25) is 0 Å². The molecule has 0 amide bonds. The first-order chi connectivity index (χ1) is 10.0. The molecular weight excluding hydrogens is 337 g/mol. The molecule has 0 fully saturated rings. The summed E-state index contributed by atoms with van der Waals surface area (Å²) in [5.74, 6) is -0.194. The lowest BCUT2D eigenvalue weighted by Crippen LogP contribution is -2.17. The molecule has 110 valence electrons. The average molecular weight is 352 g/mol. The Morgan fingerprint density at radius 2 is 1.95 bits per heavy atom. The molecule has 0 radical (unpaired) electrons. The van der Waals surface area contributed by atoms with Gasteiger partial charge in [-0.1, -0.05) is 21.1 Å². The molecule has 0 aliphatic carbocycles. The van der Waals surface area contributed by atoms with Crippen LogP contribution in [-0.4, -0.2) is 18.1 Å². The van der Waals surface area contributed by atoms with Crippen LogP contribution in [0.5, 0.6) is 0 Å². The maximum Gasteiger partial charge on any atom is 0.170 e. The van der Waals surface area contributed by atoms with E-state index in [1.807, 2.05) is 24.1 Å². The molecular formula is C15H15BrFN3O. The summed E-state index contributed by atoms with van der Waals surface area (Å²) in [4.78, 5) is 1.98. The van der Waals surface area contributed by atoms with Crippen molar-refractivity contribution in [3.63, 3.8) is 0 Å². The van der Waals surface area contributed by atoms with E-state index in [-0.39, 0.29) is 11.7 Å². The zero-order chi connectivity index (χ0) is 15.4. The number of hydrogen-bond acceptors (Lipinski definition) is 3. The number of benzene rings is 2. The van der Waals surface area contributed by atoms with Gasteiger partial charge in [-0.15, -0.1) is 0 Å². The molecule has 3 N–H and O–H groups in total. The van der Waals surface area contributed by atoms with Crippen LogP contribution in [0.3, 0.4) is 0 Å². The number of nitrogens with two attached hydrogens (primary N) is 1. The minimum Gasteiger partial charge on any atom is -0.409 e. The molecule has 0 atom stereocenters. The second-order valence-electron chi connectivity index (χ2n) is 4.62. The highest BCUT2D eigenvalue weighted by molar-refractivity contribution is 9.10. The van der Waals surface area contributed by atoms with E-state index in [2.05, 4.69) is 21.1 Å². The zero-order valence-electron chi connectivity index (χ0n) is 11.4. The summed E-state index contributed by atoms with van der Waals surface area (Å²) in [7, 11) is 1.91. The third kappa shape index (κ3) is 3.72. The van der Waals surface area contributed by atoms with E-state index in [0.717, 1.165) is 15.7 Å². The van der Waals surface area contributed by atoms with Gasteiger partial charge >= 0.3 is 0 Å². The third-order valence-corrected chi connectivity index (χ3v) is 3.90. The van der Waals surface area contributed by atoms with Gasteiger partial charge in [-0.25, -0.2) is 4.39 Å². The number of hydrogen-bond donors (Lipinski definition) is 2. The highest BCUT2D eigenvalue weighted by Gasteiger charge is 2.07. The van der Waals surface area contributed by atoms with E-state index in [0.29, 0.717) is 12.1 Å². The van der Waals surface area contributed by atoms with E-state index >= 15 is 0 Å². The van der Waals surface area contributed by atoms with Crippen LogP contribution in [0.15, 0.2) is 52.1 Å². The summed E-state index contributed by atoms with van der Waals surface area (Å²) >= 11 is 3.42. The Bertz CT molecular complexity index is 658. The molecule has 6 heteroatoms. The van der Waals surface area contributed by atoms with Gasteiger partial charge in [0.15, 0.2) is 5.84 Å². The summed E-state index contributed by atoms with van der Waals surface area (Å²) in [5, 5.41) is 11.6. The zero-order valence-corrected chi connectivity index (χ0v) is 13.0. The summed E-state index contributed by atoms with van der Waals surface area (Å²) < 4.78 is 14.2. The molecule has 2 aromatic rings. The molecule has 4 nitrogen and oxygen atoms in total. The maximum absolute atomic E-state index is 13.3. The number of amidine groups is 1. The fourth-order valence-corrected chi connectivity index (χ4v) is 2.33. The van der Waals surface area contributed by atoms with Crippen molar-refractivity contribution in [1.29, 1.82) is 0 Å². The molecule has 0 saturated heterocycles. The number of oxime groups is 1. The SMILES string of the molecule is CN(Cc1cc(F)ccc1Br)c1ccc(C(N)=NO)cc1. The van der Waals surface area contributed by atoms with E-state index in [9.17, 15) is 4.39 Å². The Morgan fingerprint density at radius 3 is 2.57 bits per heavy atom. The molecule has 0 aromatic heterocycles. The van der Waals surface area contributed by atoms with Crippen LogP contribution in [-0.2, 0) is 6.54 Å². The van der Waals surface area contributed by atoms with Gasteiger partial charge in [0, 0.05) is 29.3 Å². The topological polar surface area (TPSA) is 61.8 Å². The van der Waals surface area contributed by atoms with Crippen LogP contribution in [0.25, 0.3) is 0 Å². The van der Waals surface area contributed by atoms with E-state index in [4.69, 9.17) is 10.9 Å². The van der Waals surface area contributed by atoms with Gasteiger partial charge in [-0.05, 0) is 48.0 Å². The van der Waals surface area contributed by atoms with Gasteiger partial charge in [0.2, 0.25) is 0 Å². The number of nitrogens with zero attached hydrogens (tertiary/aromatic N) is 2. The molecule has 0 heterocycles. The Morgan fingerprint density at radius 1 is 1.29 bits per heavy atom. The lowest BCUT2D eigenvalue weighted by atomic mass is 10.1. The van der Waals surface area contributed by atoms with Crippen molar-refractivity contribution in [2.45, 2.75) is 6.54 Å². The first-order valence-electron chi connectivity index (χ1n) is 6.24. The molecule has 21 heavy (non-hydrogen) atoms. The van der Waals surface area contributed by atoms with Gasteiger partial charge in [0.1, 0.15) is 5.82 Å². The van der Waals surface area contributed by atoms with Crippen molar-refractivity contribution >= 4 is 27.5 Å². The average Bonchev–Trinajstić information content (AvgIpc) is 2.50. The highest BCUT2D eigenvalue weighted by atomic mass is 79.9. The van der Waals surface area contributed by atoms with Gasteiger partial charge in [-0.2, -0.15) is 0 Å². The van der Waals surface area contributed by atoms with Crippen molar-refractivity contribution < 1.29 is 9.60 Å². The number of rotatable bonds is 4. The van der Waals surface area contributed by atoms with Crippen molar-refractivity contribution in [2.24, 2.45) is 10.9 Å². The van der Waals surface area contributed by atoms with E-state index in [1.54, 1.807) is 18.2 Å². The lowest BCUT2D eigenvalue weighted by molar-refractivity contribution is 0.318. The molecule has 0 unspecified atom stereocenters. The van der Waals surface area contributed by atoms with Crippen molar-refractivity contribution in [3.05, 3.63) is 63.9 Å². The van der Waals surface area contributed by atoms with Gasteiger partial charge in [0.05, 0.1) is 0 Å². The molecule has 0 saturated carbocycles. The number of anilines is 1. The first-order valence-corrected chi connectivity index (χ1v) is 7.03. The van der Waals surface area contributed by atoms with Crippen molar-refractivity contribution in [1.82, 2.24) is 0 Å². The summed E-state index contributed by atoms with van der Waals surface area (Å²) in [6.45, 7) is 0.557. The van der Waals surface area contributed by atoms with Crippen LogP contribution < -0.4 is 10.6 Å². The predicted octanol–water partition coefficient (Wildman–Crippen LogP) is 3.32. The first kappa shape index (κ1) is 15.3. The molecule has 0 aliphatic heterocycles. The van der Waals surface area contributed by atoms with Crippen molar-refractivity contribution in [3.8, 4) is 0 Å². The minimum absolute atomic E-state index is 0.0667. The fraction of sp³-hybridized carbons (Fsp3) is 0.133. The van der Waals surface area contributed by atoms with E-state index in [1.165, 1.54) is 12.1 Å². The third-order valence-electron chi connectivity index (χ3n) is 3.13. The second-order valence-corrected chi connectivity index (χ2v) is 5.48. The normalized spacial score (nSPS) is 11.5. The summed E-state index contributed by atoms with van der Waals surface area (Å²) in [5.41, 5.74) is 7.96. The monoisotopic (exact) mass is 351 g/mol. The number of halogens is 2. The highest BCUT2D eigenvalue weighted by Crippen LogP contribution is 2.22. The minimum atomic E-state index is -0.260. The van der Waals surface area contributed by atoms with Crippen LogP contribution in [0.4, 0.5) is 10.1 Å². The van der Waals surface area contributed by atoms with Crippen LogP contribution in [0.1, 0.15) is 11.1 Å². The Kier molecular flexibility index (Phi) is 4.80. The van der Waals surface area contributed by atoms with Crippen LogP contribution in [0.2, 0.25) is 0 Å². The van der Waals surface area contributed by atoms with E-state index < -0.39 is 0 Å². The summed E-state index contributed by atoms with van der Waals surface area (Å²) in [6, 6.07) is 11.9. The maximum atomic E-state index is 13.3. The molecule has 0 aliphatic rings. The van der Waals surface area contributed by atoms with Gasteiger partial charge < -0.3 is 15.8 Å².